The number of piperidine rings is 1. The van der Waals surface area contributed by atoms with Crippen molar-refractivity contribution in [1.29, 1.82) is 0 Å². The molecule has 3 aromatic rings. The SMILES string of the molecule is COc1ccc(S(=O)(=O)N2CCC(C(=O)N3C[C@@H](C(=O)NCCc4ccccc4)Oc4ccccc43)CC2)cc1OC. The van der Waals surface area contributed by atoms with E-state index in [0.717, 1.165) is 5.56 Å². The van der Waals surface area contributed by atoms with Gasteiger partial charge in [0.25, 0.3) is 5.91 Å². The lowest BCUT2D eigenvalue weighted by Crippen LogP contribution is -2.53. The second-order valence-electron chi connectivity index (χ2n) is 10.2. The molecule has 2 amide bonds. The maximum absolute atomic E-state index is 13.8. The van der Waals surface area contributed by atoms with E-state index in [1.165, 1.54) is 30.7 Å². The molecule has 2 heterocycles. The van der Waals surface area contributed by atoms with Gasteiger partial charge in [0, 0.05) is 31.6 Å². The summed E-state index contributed by atoms with van der Waals surface area (Å²) >= 11 is 0. The van der Waals surface area contributed by atoms with Crippen LogP contribution in [0.5, 0.6) is 17.2 Å². The fourth-order valence-electron chi connectivity index (χ4n) is 5.36. The number of hydrogen-bond acceptors (Lipinski definition) is 7. The lowest BCUT2D eigenvalue weighted by molar-refractivity contribution is -0.129. The molecule has 1 saturated heterocycles. The summed E-state index contributed by atoms with van der Waals surface area (Å²) < 4.78 is 44.6. The molecule has 0 radical (unpaired) electrons. The van der Waals surface area contributed by atoms with Gasteiger partial charge in [-0.25, -0.2) is 8.42 Å². The summed E-state index contributed by atoms with van der Waals surface area (Å²) in [7, 11) is -0.851. The largest absolute Gasteiger partial charge is 0.493 e. The summed E-state index contributed by atoms with van der Waals surface area (Å²) in [5.41, 5.74) is 1.72. The highest BCUT2D eigenvalue weighted by Crippen LogP contribution is 2.36. The Morgan fingerprint density at radius 2 is 1.62 bits per heavy atom. The zero-order valence-electron chi connectivity index (χ0n) is 23.7. The minimum absolute atomic E-state index is 0.0805. The summed E-state index contributed by atoms with van der Waals surface area (Å²) in [4.78, 5) is 28.6. The number of hydrogen-bond donors (Lipinski definition) is 1. The number of carbonyl (C=O) groups is 2. The van der Waals surface area contributed by atoms with Crippen LogP contribution >= 0.6 is 0 Å². The van der Waals surface area contributed by atoms with Gasteiger partial charge in [-0.2, -0.15) is 4.31 Å². The maximum atomic E-state index is 13.8. The van der Waals surface area contributed by atoms with E-state index < -0.39 is 22.0 Å². The van der Waals surface area contributed by atoms with E-state index >= 15 is 0 Å². The van der Waals surface area contributed by atoms with Crippen LogP contribution in [0.2, 0.25) is 0 Å². The minimum Gasteiger partial charge on any atom is -0.493 e. The van der Waals surface area contributed by atoms with Crippen LogP contribution in [-0.2, 0) is 26.0 Å². The highest BCUT2D eigenvalue weighted by atomic mass is 32.2. The molecular formula is C31H35N3O7S. The Hall–Kier alpha value is -4.09. The standard InChI is InChI=1S/C31H35N3O7S/c1-39-27-13-12-24(20-28(27)40-2)42(37,38)33-18-15-23(16-19-33)31(36)34-21-29(41-26-11-7-6-10-25(26)34)30(35)32-17-14-22-8-4-3-5-9-22/h3-13,20,23,29H,14-19,21H2,1-2H3,(H,32,35)/t29-/m0/s1. The van der Waals surface area contributed by atoms with Gasteiger partial charge >= 0.3 is 0 Å². The highest BCUT2D eigenvalue weighted by molar-refractivity contribution is 7.89. The summed E-state index contributed by atoms with van der Waals surface area (Å²) in [6.45, 7) is 0.924. The molecule has 1 N–H and O–H groups in total. The summed E-state index contributed by atoms with van der Waals surface area (Å²) in [5, 5.41) is 2.93. The number of amides is 2. The molecule has 0 unspecified atom stereocenters. The zero-order chi connectivity index (χ0) is 29.7. The number of fused-ring (bicyclic) bond motifs is 1. The summed E-state index contributed by atoms with van der Waals surface area (Å²) in [6.07, 6.45) is 0.547. The monoisotopic (exact) mass is 593 g/mol. The van der Waals surface area contributed by atoms with E-state index in [1.54, 1.807) is 29.2 Å². The molecule has 3 aromatic carbocycles. The van der Waals surface area contributed by atoms with Crippen LogP contribution in [0.15, 0.2) is 77.7 Å². The van der Waals surface area contributed by atoms with Crippen LogP contribution in [0, 0.1) is 5.92 Å². The van der Waals surface area contributed by atoms with Crippen molar-refractivity contribution in [1.82, 2.24) is 9.62 Å². The first-order valence-electron chi connectivity index (χ1n) is 13.9. The molecule has 0 bridgehead atoms. The van der Waals surface area contributed by atoms with E-state index in [0.29, 0.717) is 48.7 Å². The Morgan fingerprint density at radius 1 is 0.929 bits per heavy atom. The van der Waals surface area contributed by atoms with Crippen molar-refractivity contribution in [2.75, 3.05) is 45.3 Å². The number of rotatable bonds is 9. The third-order valence-electron chi connectivity index (χ3n) is 7.68. The smallest absolute Gasteiger partial charge is 0.262 e. The quantitative estimate of drug-likeness (QED) is 0.405. The maximum Gasteiger partial charge on any atom is 0.262 e. The highest BCUT2D eigenvalue weighted by Gasteiger charge is 2.39. The third kappa shape index (κ3) is 6.22. The van der Waals surface area contributed by atoms with Gasteiger partial charge in [0.15, 0.2) is 17.6 Å². The second kappa shape index (κ2) is 12.8. The van der Waals surface area contributed by atoms with Gasteiger partial charge in [-0.3, -0.25) is 9.59 Å². The Bertz CT molecular complexity index is 1520. The molecule has 222 valence electrons. The van der Waals surface area contributed by atoms with Gasteiger partial charge < -0.3 is 24.4 Å². The van der Waals surface area contributed by atoms with Crippen LogP contribution in [0.4, 0.5) is 5.69 Å². The van der Waals surface area contributed by atoms with Crippen molar-refractivity contribution in [3.63, 3.8) is 0 Å². The van der Waals surface area contributed by atoms with Crippen molar-refractivity contribution in [2.24, 2.45) is 5.92 Å². The summed E-state index contributed by atoms with van der Waals surface area (Å²) in [6, 6.07) is 21.5. The van der Waals surface area contributed by atoms with Gasteiger partial charge in [-0.1, -0.05) is 42.5 Å². The van der Waals surface area contributed by atoms with Crippen molar-refractivity contribution in [3.05, 3.63) is 78.4 Å². The number of nitrogens with one attached hydrogen (secondary N) is 1. The Kier molecular flexibility index (Phi) is 8.98. The molecule has 0 saturated carbocycles. The molecule has 5 rings (SSSR count). The molecule has 42 heavy (non-hydrogen) atoms. The summed E-state index contributed by atoms with van der Waals surface area (Å²) in [5.74, 6) is 0.414. The molecule has 11 heteroatoms. The zero-order valence-corrected chi connectivity index (χ0v) is 24.5. The number of benzene rings is 3. The predicted octanol–water partition coefficient (Wildman–Crippen LogP) is 3.26. The molecular weight excluding hydrogens is 558 g/mol. The van der Waals surface area contributed by atoms with Gasteiger partial charge in [0.1, 0.15) is 5.75 Å². The normalized spacial score (nSPS) is 17.6. The Labute approximate surface area is 246 Å². The molecule has 2 aliphatic rings. The minimum atomic E-state index is -3.79. The number of sulfonamides is 1. The van der Waals surface area contributed by atoms with Gasteiger partial charge in [-0.05, 0) is 49.1 Å². The van der Waals surface area contributed by atoms with E-state index in [-0.39, 0.29) is 36.3 Å². The van der Waals surface area contributed by atoms with Crippen LogP contribution in [0.25, 0.3) is 0 Å². The van der Waals surface area contributed by atoms with Crippen molar-refractivity contribution in [3.8, 4) is 17.2 Å². The van der Waals surface area contributed by atoms with Crippen molar-refractivity contribution >= 4 is 27.5 Å². The fraction of sp³-hybridized carbons (Fsp3) is 0.355. The fourth-order valence-corrected chi connectivity index (χ4v) is 6.84. The van der Waals surface area contributed by atoms with Crippen molar-refractivity contribution in [2.45, 2.75) is 30.3 Å². The van der Waals surface area contributed by atoms with Gasteiger partial charge in [-0.15, -0.1) is 0 Å². The number of nitrogens with zero attached hydrogens (tertiary/aromatic N) is 2. The van der Waals surface area contributed by atoms with Crippen molar-refractivity contribution < 1.29 is 32.2 Å². The number of carbonyl (C=O) groups excluding carboxylic acids is 2. The van der Waals surface area contributed by atoms with E-state index in [9.17, 15) is 18.0 Å². The molecule has 0 aromatic heterocycles. The van der Waals surface area contributed by atoms with E-state index in [2.05, 4.69) is 5.32 Å². The first kappa shape index (κ1) is 29.4. The Balaban J connectivity index is 1.24. The van der Waals surface area contributed by atoms with E-state index in [4.69, 9.17) is 14.2 Å². The average molecular weight is 594 g/mol. The molecule has 2 aliphatic heterocycles. The predicted molar refractivity (Wildman–Crippen MR) is 157 cm³/mol. The molecule has 10 nitrogen and oxygen atoms in total. The van der Waals surface area contributed by atoms with Crippen LogP contribution in [0.3, 0.4) is 0 Å². The molecule has 0 aliphatic carbocycles. The molecule has 0 spiro atoms. The van der Waals surface area contributed by atoms with Gasteiger partial charge in [0.05, 0.1) is 31.3 Å². The number of anilines is 1. The number of methoxy groups -OCH3 is 2. The van der Waals surface area contributed by atoms with Crippen LogP contribution < -0.4 is 24.4 Å². The topological polar surface area (TPSA) is 114 Å². The van der Waals surface area contributed by atoms with Crippen LogP contribution in [0.1, 0.15) is 18.4 Å². The first-order valence-corrected chi connectivity index (χ1v) is 15.4. The number of ether oxygens (including phenoxy) is 3. The molecule has 1 atom stereocenters. The lowest BCUT2D eigenvalue weighted by atomic mass is 9.95. The lowest BCUT2D eigenvalue weighted by Gasteiger charge is -2.38. The molecule has 1 fully saturated rings. The first-order chi connectivity index (χ1) is 20.3. The number of para-hydroxylation sites is 2. The van der Waals surface area contributed by atoms with Crippen LogP contribution in [-0.4, -0.2) is 71.0 Å². The van der Waals surface area contributed by atoms with Gasteiger partial charge in [0.2, 0.25) is 15.9 Å². The Morgan fingerprint density at radius 3 is 2.33 bits per heavy atom. The van der Waals surface area contributed by atoms with E-state index in [1.807, 2.05) is 36.4 Å². The average Bonchev–Trinajstić information content (AvgIpc) is 3.04. The second-order valence-corrected chi connectivity index (χ2v) is 12.2. The third-order valence-corrected chi connectivity index (χ3v) is 9.58.